The molecule has 3 aromatic rings. The second-order valence-corrected chi connectivity index (χ2v) is 6.06. The maximum Gasteiger partial charge on any atom is 0.337 e. The van der Waals surface area contributed by atoms with Crippen LogP contribution in [-0.2, 0) is 18.0 Å². The molecule has 0 aromatic heterocycles. The van der Waals surface area contributed by atoms with Gasteiger partial charge in [0, 0.05) is 0 Å². The van der Waals surface area contributed by atoms with Gasteiger partial charge in [-0.3, -0.25) is 0 Å². The van der Waals surface area contributed by atoms with Crippen molar-refractivity contribution in [3.8, 4) is 23.0 Å². The fraction of sp³-hybridized carbons (Fsp3) is 0.136. The molecule has 3 rings (SSSR count). The van der Waals surface area contributed by atoms with Gasteiger partial charge in [0.25, 0.3) is 0 Å². The van der Waals surface area contributed by atoms with Gasteiger partial charge in [-0.05, 0) is 53.6 Å². The number of methoxy groups -OCH3 is 1. The number of carbonyl (C=O) groups excluding carboxylic acids is 1. The van der Waals surface area contributed by atoms with E-state index in [1.54, 1.807) is 66.7 Å². The van der Waals surface area contributed by atoms with Crippen molar-refractivity contribution in [1.29, 1.82) is 0 Å². The molecule has 6 nitrogen and oxygen atoms in total. The van der Waals surface area contributed by atoms with Gasteiger partial charge in [0.1, 0.15) is 24.7 Å². The lowest BCUT2D eigenvalue weighted by Gasteiger charge is -2.14. The summed E-state index contributed by atoms with van der Waals surface area (Å²) in [4.78, 5) is 11.8. The lowest BCUT2D eigenvalue weighted by Crippen LogP contribution is -2.05. The van der Waals surface area contributed by atoms with Crippen LogP contribution in [0.5, 0.6) is 23.0 Å². The van der Waals surface area contributed by atoms with Crippen molar-refractivity contribution in [2.45, 2.75) is 13.2 Å². The van der Waals surface area contributed by atoms with E-state index in [1.807, 2.05) is 0 Å². The SMILES string of the molecule is COC(=O)c1ccc(OCc2ccc(O)cc2)c(OCc2ccc(O)cc2)c1. The van der Waals surface area contributed by atoms with E-state index in [9.17, 15) is 15.0 Å². The molecule has 144 valence electrons. The molecule has 0 aliphatic heterocycles. The Morgan fingerprint density at radius 2 is 1.25 bits per heavy atom. The van der Waals surface area contributed by atoms with Crippen LogP contribution < -0.4 is 9.47 Å². The van der Waals surface area contributed by atoms with E-state index < -0.39 is 5.97 Å². The lowest BCUT2D eigenvalue weighted by atomic mass is 10.2. The molecule has 0 amide bonds. The van der Waals surface area contributed by atoms with Gasteiger partial charge in [-0.15, -0.1) is 0 Å². The van der Waals surface area contributed by atoms with Crippen LogP contribution in [0.2, 0.25) is 0 Å². The van der Waals surface area contributed by atoms with Gasteiger partial charge in [0.2, 0.25) is 0 Å². The largest absolute Gasteiger partial charge is 0.508 e. The Morgan fingerprint density at radius 3 is 1.75 bits per heavy atom. The van der Waals surface area contributed by atoms with E-state index in [-0.39, 0.29) is 24.7 Å². The Labute approximate surface area is 162 Å². The molecule has 2 N–H and O–H groups in total. The maximum atomic E-state index is 11.8. The Bertz CT molecular complexity index is 932. The molecule has 0 atom stereocenters. The number of ether oxygens (including phenoxy) is 3. The number of aromatic hydroxyl groups is 2. The number of phenolic OH excluding ortho intramolecular Hbond substituents is 2. The highest BCUT2D eigenvalue weighted by Gasteiger charge is 2.13. The number of phenols is 2. The summed E-state index contributed by atoms with van der Waals surface area (Å²) in [5.74, 6) is 0.757. The maximum absolute atomic E-state index is 11.8. The topological polar surface area (TPSA) is 85.2 Å². The number of hydrogen-bond donors (Lipinski definition) is 2. The van der Waals surface area contributed by atoms with Crippen molar-refractivity contribution in [3.63, 3.8) is 0 Å². The average molecular weight is 380 g/mol. The number of esters is 1. The number of carbonyl (C=O) groups is 1. The first-order valence-corrected chi connectivity index (χ1v) is 8.59. The summed E-state index contributed by atoms with van der Waals surface area (Å²) in [6.07, 6.45) is 0. The van der Waals surface area contributed by atoms with E-state index in [0.29, 0.717) is 17.1 Å². The molecule has 0 radical (unpaired) electrons. The molecule has 0 unspecified atom stereocenters. The Balaban J connectivity index is 1.77. The highest BCUT2D eigenvalue weighted by Crippen LogP contribution is 2.30. The predicted molar refractivity (Wildman–Crippen MR) is 103 cm³/mol. The van der Waals surface area contributed by atoms with Crippen LogP contribution in [0.15, 0.2) is 66.7 Å². The number of benzene rings is 3. The van der Waals surface area contributed by atoms with Crippen molar-refractivity contribution in [1.82, 2.24) is 0 Å². The van der Waals surface area contributed by atoms with Crippen molar-refractivity contribution in [3.05, 3.63) is 83.4 Å². The molecule has 0 saturated carbocycles. The second kappa shape index (κ2) is 8.81. The Hall–Kier alpha value is -3.67. The molecule has 0 bridgehead atoms. The van der Waals surface area contributed by atoms with E-state index >= 15 is 0 Å². The average Bonchev–Trinajstić information content (AvgIpc) is 2.72. The first-order chi connectivity index (χ1) is 13.5. The Kier molecular flexibility index (Phi) is 6.01. The van der Waals surface area contributed by atoms with Gasteiger partial charge in [0.05, 0.1) is 12.7 Å². The fourth-order valence-corrected chi connectivity index (χ4v) is 2.49. The molecule has 3 aromatic carbocycles. The molecule has 6 heteroatoms. The van der Waals surface area contributed by atoms with Crippen molar-refractivity contribution >= 4 is 5.97 Å². The Morgan fingerprint density at radius 1 is 0.750 bits per heavy atom. The van der Waals surface area contributed by atoms with E-state index in [0.717, 1.165) is 11.1 Å². The zero-order chi connectivity index (χ0) is 19.9. The van der Waals surface area contributed by atoms with Crippen molar-refractivity contribution < 1.29 is 29.2 Å². The zero-order valence-corrected chi connectivity index (χ0v) is 15.3. The van der Waals surface area contributed by atoms with Gasteiger partial charge < -0.3 is 24.4 Å². The normalized spacial score (nSPS) is 10.3. The van der Waals surface area contributed by atoms with Crippen LogP contribution in [0.1, 0.15) is 21.5 Å². The molecule has 0 heterocycles. The highest BCUT2D eigenvalue weighted by molar-refractivity contribution is 5.90. The molecular weight excluding hydrogens is 360 g/mol. The minimum atomic E-state index is -0.473. The summed E-state index contributed by atoms with van der Waals surface area (Å²) < 4.78 is 16.5. The summed E-state index contributed by atoms with van der Waals surface area (Å²) in [6, 6.07) is 18.2. The van der Waals surface area contributed by atoms with E-state index in [4.69, 9.17) is 14.2 Å². The van der Waals surface area contributed by atoms with E-state index in [2.05, 4.69) is 0 Å². The third kappa shape index (κ3) is 4.94. The molecule has 0 aliphatic carbocycles. The summed E-state index contributed by atoms with van der Waals surface area (Å²) >= 11 is 0. The monoisotopic (exact) mass is 380 g/mol. The van der Waals surface area contributed by atoms with Gasteiger partial charge in [-0.25, -0.2) is 4.79 Å². The minimum absolute atomic E-state index is 0.175. The van der Waals surface area contributed by atoms with Gasteiger partial charge in [0.15, 0.2) is 11.5 Å². The molecule has 0 aliphatic rings. The van der Waals surface area contributed by atoms with E-state index in [1.165, 1.54) is 7.11 Å². The number of hydrogen-bond acceptors (Lipinski definition) is 6. The smallest absolute Gasteiger partial charge is 0.337 e. The quantitative estimate of drug-likeness (QED) is 0.602. The third-order valence-electron chi connectivity index (χ3n) is 4.03. The van der Waals surface area contributed by atoms with Crippen LogP contribution in [0.3, 0.4) is 0 Å². The van der Waals surface area contributed by atoms with Crippen LogP contribution in [0, 0.1) is 0 Å². The zero-order valence-electron chi connectivity index (χ0n) is 15.3. The molecule has 0 saturated heterocycles. The van der Waals surface area contributed by atoms with Crippen molar-refractivity contribution in [2.75, 3.05) is 7.11 Å². The van der Waals surface area contributed by atoms with Crippen LogP contribution in [-0.4, -0.2) is 23.3 Å². The lowest BCUT2D eigenvalue weighted by molar-refractivity contribution is 0.0600. The molecule has 0 spiro atoms. The number of rotatable bonds is 7. The predicted octanol–water partition coefficient (Wildman–Crippen LogP) is 4.04. The van der Waals surface area contributed by atoms with Crippen LogP contribution in [0.25, 0.3) is 0 Å². The van der Waals surface area contributed by atoms with Crippen molar-refractivity contribution in [2.24, 2.45) is 0 Å². The first-order valence-electron chi connectivity index (χ1n) is 8.59. The summed E-state index contributed by atoms with van der Waals surface area (Å²) in [5.41, 5.74) is 2.07. The van der Waals surface area contributed by atoms with Gasteiger partial charge in [-0.2, -0.15) is 0 Å². The first kappa shape index (κ1) is 19.1. The fourth-order valence-electron chi connectivity index (χ4n) is 2.49. The highest BCUT2D eigenvalue weighted by atomic mass is 16.5. The van der Waals surface area contributed by atoms with Gasteiger partial charge >= 0.3 is 5.97 Å². The van der Waals surface area contributed by atoms with Gasteiger partial charge in [-0.1, -0.05) is 24.3 Å². The summed E-state index contributed by atoms with van der Waals surface area (Å²) in [6.45, 7) is 0.508. The summed E-state index contributed by atoms with van der Waals surface area (Å²) in [5, 5.41) is 18.7. The standard InChI is InChI=1S/C22H20O6/c1-26-22(25)17-6-11-20(27-13-15-2-7-18(23)8-3-15)21(12-17)28-14-16-4-9-19(24)10-5-16/h2-12,23-24H,13-14H2,1H3. The molecular formula is C22H20O6. The third-order valence-corrected chi connectivity index (χ3v) is 4.03. The van der Waals surface area contributed by atoms with Crippen LogP contribution in [0.4, 0.5) is 0 Å². The minimum Gasteiger partial charge on any atom is -0.508 e. The molecule has 0 fully saturated rings. The second-order valence-electron chi connectivity index (χ2n) is 6.06. The van der Waals surface area contributed by atoms with Crippen LogP contribution >= 0.6 is 0 Å². The summed E-state index contributed by atoms with van der Waals surface area (Å²) in [7, 11) is 1.31. The molecule has 28 heavy (non-hydrogen) atoms.